The van der Waals surface area contributed by atoms with Crippen LogP contribution in [0.2, 0.25) is 0 Å². The molecule has 2 aromatic carbocycles. The summed E-state index contributed by atoms with van der Waals surface area (Å²) in [5.41, 5.74) is 2.50. The predicted molar refractivity (Wildman–Crippen MR) is 114 cm³/mol. The van der Waals surface area contributed by atoms with Crippen LogP contribution in [0.3, 0.4) is 0 Å². The zero-order valence-corrected chi connectivity index (χ0v) is 16.2. The molecule has 6 heteroatoms. The standard InChI is InChI=1S/C22H14N2O2S2/c23-12-14-8-9-19-16(11-14)20(22(26)28-19)21(25)24-13-17(18-7-4-10-27-18)15-5-2-1-3-6-15/h1-11,13,26H,(H,24,25)/b17-13-. The Kier molecular flexibility index (Phi) is 4.94. The fourth-order valence-electron chi connectivity index (χ4n) is 2.93. The Hall–Kier alpha value is -3.40. The molecule has 4 rings (SSSR count). The van der Waals surface area contributed by atoms with Crippen molar-refractivity contribution in [1.29, 1.82) is 5.26 Å². The van der Waals surface area contributed by atoms with Gasteiger partial charge < -0.3 is 10.4 Å². The van der Waals surface area contributed by atoms with Gasteiger partial charge >= 0.3 is 0 Å². The minimum atomic E-state index is -0.413. The van der Waals surface area contributed by atoms with Gasteiger partial charge in [-0.15, -0.1) is 11.3 Å². The third-order valence-electron chi connectivity index (χ3n) is 4.24. The monoisotopic (exact) mass is 402 g/mol. The highest BCUT2D eigenvalue weighted by Crippen LogP contribution is 2.37. The Balaban J connectivity index is 1.72. The highest BCUT2D eigenvalue weighted by Gasteiger charge is 2.19. The molecule has 0 fully saturated rings. The lowest BCUT2D eigenvalue weighted by atomic mass is 10.1. The Morgan fingerprint density at radius 1 is 1.11 bits per heavy atom. The Labute approximate surface area is 169 Å². The molecule has 0 unspecified atom stereocenters. The van der Waals surface area contributed by atoms with Crippen molar-refractivity contribution in [1.82, 2.24) is 5.32 Å². The van der Waals surface area contributed by atoms with E-state index in [1.54, 1.807) is 35.7 Å². The number of nitriles is 1. The van der Waals surface area contributed by atoms with Crippen LogP contribution in [0.1, 0.15) is 26.4 Å². The van der Waals surface area contributed by atoms with Crippen LogP contribution in [0, 0.1) is 11.3 Å². The summed E-state index contributed by atoms with van der Waals surface area (Å²) in [5, 5.41) is 24.7. The first-order valence-corrected chi connectivity index (χ1v) is 10.1. The van der Waals surface area contributed by atoms with Crippen molar-refractivity contribution in [3.8, 4) is 11.1 Å². The summed E-state index contributed by atoms with van der Waals surface area (Å²) in [6.07, 6.45) is 1.67. The van der Waals surface area contributed by atoms with Crippen molar-refractivity contribution in [3.05, 3.63) is 93.8 Å². The van der Waals surface area contributed by atoms with E-state index in [0.29, 0.717) is 10.9 Å². The molecule has 0 saturated carbocycles. The molecule has 0 atom stereocenters. The molecule has 2 heterocycles. The fourth-order valence-corrected chi connectivity index (χ4v) is 4.61. The lowest BCUT2D eigenvalue weighted by Gasteiger charge is -2.07. The van der Waals surface area contributed by atoms with E-state index in [9.17, 15) is 9.90 Å². The average Bonchev–Trinajstić information content (AvgIpc) is 3.35. The summed E-state index contributed by atoms with van der Waals surface area (Å²) in [6.45, 7) is 0. The van der Waals surface area contributed by atoms with Gasteiger partial charge in [0.25, 0.3) is 5.91 Å². The van der Waals surface area contributed by atoms with Gasteiger partial charge in [0.1, 0.15) is 5.56 Å². The second-order valence-electron chi connectivity index (χ2n) is 5.98. The summed E-state index contributed by atoms with van der Waals surface area (Å²) in [4.78, 5) is 13.9. The lowest BCUT2D eigenvalue weighted by molar-refractivity contribution is 0.0970. The van der Waals surface area contributed by atoms with Crippen LogP contribution in [0.15, 0.2) is 72.2 Å². The van der Waals surface area contributed by atoms with Gasteiger partial charge in [-0.05, 0) is 35.2 Å². The number of fused-ring (bicyclic) bond motifs is 1. The predicted octanol–water partition coefficient (Wildman–Crippen LogP) is 5.36. The number of rotatable bonds is 4. The van der Waals surface area contributed by atoms with Gasteiger partial charge in [-0.3, -0.25) is 4.79 Å². The number of hydrogen-bond donors (Lipinski definition) is 2. The van der Waals surface area contributed by atoms with Crippen molar-refractivity contribution in [2.45, 2.75) is 0 Å². The van der Waals surface area contributed by atoms with E-state index in [-0.39, 0.29) is 10.6 Å². The van der Waals surface area contributed by atoms with Gasteiger partial charge in [0.05, 0.1) is 11.6 Å². The molecule has 28 heavy (non-hydrogen) atoms. The highest BCUT2D eigenvalue weighted by molar-refractivity contribution is 7.21. The largest absolute Gasteiger partial charge is 0.499 e. The van der Waals surface area contributed by atoms with E-state index in [4.69, 9.17) is 5.26 Å². The number of aromatic hydroxyl groups is 1. The lowest BCUT2D eigenvalue weighted by Crippen LogP contribution is -2.17. The van der Waals surface area contributed by atoms with Gasteiger partial charge in [-0.1, -0.05) is 47.7 Å². The van der Waals surface area contributed by atoms with Crippen LogP contribution >= 0.6 is 22.7 Å². The molecule has 0 saturated heterocycles. The smallest absolute Gasteiger partial charge is 0.260 e. The van der Waals surface area contributed by atoms with E-state index in [1.807, 2.05) is 47.8 Å². The number of carbonyl (C=O) groups excluding carboxylic acids is 1. The first kappa shape index (κ1) is 18.0. The SMILES string of the molecule is N#Cc1ccc2sc(O)c(C(=O)N/C=C(/c3ccccc3)c3cccs3)c2c1. The first-order valence-electron chi connectivity index (χ1n) is 8.43. The van der Waals surface area contributed by atoms with E-state index in [2.05, 4.69) is 11.4 Å². The molecule has 0 aliphatic carbocycles. The normalized spacial score (nSPS) is 11.3. The molecule has 136 valence electrons. The number of hydrogen-bond acceptors (Lipinski definition) is 5. The molecule has 0 bridgehead atoms. The van der Waals surface area contributed by atoms with Crippen LogP contribution < -0.4 is 5.32 Å². The summed E-state index contributed by atoms with van der Waals surface area (Å²) in [7, 11) is 0. The molecule has 0 aliphatic heterocycles. The molecular weight excluding hydrogens is 388 g/mol. The van der Waals surface area contributed by atoms with Crippen LogP contribution in [0.25, 0.3) is 15.7 Å². The van der Waals surface area contributed by atoms with Crippen molar-refractivity contribution in [2.24, 2.45) is 0 Å². The maximum atomic E-state index is 12.9. The highest BCUT2D eigenvalue weighted by atomic mass is 32.1. The number of amides is 1. The average molecular weight is 403 g/mol. The van der Waals surface area contributed by atoms with Gasteiger partial charge in [-0.25, -0.2) is 0 Å². The molecule has 0 aliphatic rings. The minimum absolute atomic E-state index is 0.0617. The van der Waals surface area contributed by atoms with Crippen LogP contribution in [-0.4, -0.2) is 11.0 Å². The topological polar surface area (TPSA) is 73.1 Å². The molecule has 2 aromatic heterocycles. The van der Waals surface area contributed by atoms with Gasteiger partial charge in [0, 0.05) is 26.7 Å². The van der Waals surface area contributed by atoms with E-state index in [0.717, 1.165) is 32.1 Å². The first-order chi connectivity index (χ1) is 13.7. The molecular formula is C22H14N2O2S2. The van der Waals surface area contributed by atoms with Crippen LogP contribution in [-0.2, 0) is 0 Å². The second kappa shape index (κ2) is 7.69. The summed E-state index contributed by atoms with van der Waals surface area (Å²) in [5.74, 6) is -0.413. The van der Waals surface area contributed by atoms with Gasteiger partial charge in [0.2, 0.25) is 0 Å². The third-order valence-corrected chi connectivity index (χ3v) is 6.12. The molecule has 1 amide bonds. The van der Waals surface area contributed by atoms with Crippen molar-refractivity contribution < 1.29 is 9.90 Å². The van der Waals surface area contributed by atoms with Gasteiger partial charge in [-0.2, -0.15) is 5.26 Å². The van der Waals surface area contributed by atoms with E-state index >= 15 is 0 Å². The summed E-state index contributed by atoms with van der Waals surface area (Å²) in [6, 6.07) is 20.8. The molecule has 0 spiro atoms. The van der Waals surface area contributed by atoms with Gasteiger partial charge in [0.15, 0.2) is 5.06 Å². The zero-order valence-electron chi connectivity index (χ0n) is 14.5. The number of nitrogens with zero attached hydrogens (tertiary/aromatic N) is 1. The zero-order chi connectivity index (χ0) is 19.5. The maximum Gasteiger partial charge on any atom is 0.260 e. The quantitative estimate of drug-likeness (QED) is 0.483. The molecule has 4 aromatic rings. The molecule has 2 N–H and O–H groups in total. The van der Waals surface area contributed by atoms with Crippen LogP contribution in [0.5, 0.6) is 5.06 Å². The fraction of sp³-hybridized carbons (Fsp3) is 0. The number of carbonyl (C=O) groups is 1. The van der Waals surface area contributed by atoms with Crippen molar-refractivity contribution in [3.63, 3.8) is 0 Å². The number of thiophene rings is 2. The maximum absolute atomic E-state index is 12.9. The van der Waals surface area contributed by atoms with E-state index in [1.165, 1.54) is 0 Å². The number of benzene rings is 2. The van der Waals surface area contributed by atoms with E-state index < -0.39 is 5.91 Å². The summed E-state index contributed by atoms with van der Waals surface area (Å²) < 4.78 is 0.757. The van der Waals surface area contributed by atoms with Crippen molar-refractivity contribution >= 4 is 44.2 Å². The second-order valence-corrected chi connectivity index (χ2v) is 7.96. The van der Waals surface area contributed by atoms with Crippen molar-refractivity contribution in [2.75, 3.05) is 0 Å². The number of nitrogens with one attached hydrogen (secondary N) is 1. The Bertz CT molecular complexity index is 1220. The minimum Gasteiger partial charge on any atom is -0.499 e. The Morgan fingerprint density at radius 3 is 2.64 bits per heavy atom. The van der Waals surface area contributed by atoms with Crippen LogP contribution in [0.4, 0.5) is 0 Å². The summed E-state index contributed by atoms with van der Waals surface area (Å²) >= 11 is 2.70. The third kappa shape index (κ3) is 3.41. The Morgan fingerprint density at radius 2 is 1.93 bits per heavy atom. The molecule has 0 radical (unpaired) electrons. The molecule has 4 nitrogen and oxygen atoms in total.